The van der Waals surface area contributed by atoms with Gasteiger partial charge in [-0.1, -0.05) is 155 Å². The molecular weight excluding hydrogens is 1510 g/mol. The number of hydrogen-bond acceptors (Lipinski definition) is 4. The summed E-state index contributed by atoms with van der Waals surface area (Å²) in [5.74, 6) is 0. The summed E-state index contributed by atoms with van der Waals surface area (Å²) in [6.07, 6.45) is 15.9. The zero-order valence-corrected chi connectivity index (χ0v) is 75.7. The number of nitrogens with zero attached hydrogens (tertiary/aromatic N) is 8. The van der Waals surface area contributed by atoms with Crippen LogP contribution in [0.3, 0.4) is 0 Å². The molecule has 8 heteroatoms. The Kier molecular flexibility index (Phi) is 18.5. The second kappa shape index (κ2) is 29.3. The van der Waals surface area contributed by atoms with Crippen LogP contribution in [0, 0.1) is 111 Å². The molecule has 4 heterocycles. The van der Waals surface area contributed by atoms with Gasteiger partial charge in [0.15, 0.2) is 22.8 Å². The van der Waals surface area contributed by atoms with E-state index in [4.69, 9.17) is 19.9 Å². The number of fused-ring (bicyclic) bond motifs is 28. The molecule has 608 valence electrons. The SMILES string of the molecule is Cc1cc(C)c(C)c(-c2c3c(nc[n+]2C)-c2ccc4c(c2C3)-c2c(C)cccc2C4)c1.Cc1cc(C)c(C)c(-c2c3c(nc[n+]2C)-c2ccc4c(c2C3)-c2cccc(C)c2C4)c1.Cc1ccc2c(c1)-c1c(ccc3c1Cc1c-3nc[n+](C)c1-c1cc(C)cc(C)c1C)C2.Cc1ccc2c(c1)Cc1ccc3c(c1-2)Cc1c-3nc[n+](C)c1-c1cc(C)cc(C)c1C. The zero-order valence-electron chi connectivity index (χ0n) is 75.7. The Morgan fingerprint density at radius 3 is 0.927 bits per heavy atom. The molecule has 16 aromatic rings. The van der Waals surface area contributed by atoms with E-state index in [9.17, 15) is 0 Å². The molecule has 0 aliphatic heterocycles. The Bertz CT molecular complexity index is 7330. The predicted molar refractivity (Wildman–Crippen MR) is 505 cm³/mol. The first kappa shape index (κ1) is 78.2. The third-order valence-electron chi connectivity index (χ3n) is 29.3. The van der Waals surface area contributed by atoms with E-state index in [0.29, 0.717) is 0 Å². The summed E-state index contributed by atoms with van der Waals surface area (Å²) >= 11 is 0. The van der Waals surface area contributed by atoms with Crippen LogP contribution in [0.25, 0.3) is 135 Å². The zero-order chi connectivity index (χ0) is 85.8. The van der Waals surface area contributed by atoms with Gasteiger partial charge in [-0.15, -0.1) is 0 Å². The van der Waals surface area contributed by atoms with Crippen LogP contribution in [0.2, 0.25) is 0 Å². The lowest BCUT2D eigenvalue weighted by molar-refractivity contribution is -0.663. The van der Waals surface area contributed by atoms with Crippen molar-refractivity contribution in [2.75, 3.05) is 0 Å². The lowest BCUT2D eigenvalue weighted by atomic mass is 9.92. The molecule has 0 N–H and O–H groups in total. The summed E-state index contributed by atoms with van der Waals surface area (Å²) in [5, 5.41) is 0. The summed E-state index contributed by atoms with van der Waals surface area (Å²) in [7, 11) is 8.52. The minimum Gasteiger partial charge on any atom is -0.232 e. The van der Waals surface area contributed by atoms with Gasteiger partial charge >= 0.3 is 0 Å². The number of rotatable bonds is 4. The molecule has 24 rings (SSSR count). The summed E-state index contributed by atoms with van der Waals surface area (Å²) in [4.78, 5) is 19.7. The minimum atomic E-state index is 0.949. The van der Waals surface area contributed by atoms with Gasteiger partial charge in [-0.3, -0.25) is 0 Å². The summed E-state index contributed by atoms with van der Waals surface area (Å²) in [6.45, 7) is 35.5. The van der Waals surface area contributed by atoms with Crippen LogP contribution in [0.5, 0.6) is 0 Å². The molecule has 0 saturated carbocycles. The summed E-state index contributed by atoms with van der Waals surface area (Å²) in [6, 6.07) is 64.3. The Morgan fingerprint density at radius 1 is 0.194 bits per heavy atom. The van der Waals surface area contributed by atoms with Gasteiger partial charge in [0, 0.05) is 70.2 Å². The van der Waals surface area contributed by atoms with E-state index in [1.165, 1.54) is 290 Å². The second-order valence-electron chi connectivity index (χ2n) is 37.6. The first-order valence-electron chi connectivity index (χ1n) is 44.5. The number of aromatic nitrogens is 8. The Labute approximate surface area is 731 Å². The molecule has 0 fully saturated rings. The summed E-state index contributed by atoms with van der Waals surface area (Å²) in [5.41, 5.74) is 76.5. The van der Waals surface area contributed by atoms with Crippen LogP contribution in [-0.4, -0.2) is 19.9 Å². The van der Waals surface area contributed by atoms with Gasteiger partial charge in [-0.2, -0.15) is 0 Å². The molecule has 0 radical (unpaired) electrons. The molecule has 0 spiro atoms. The highest BCUT2D eigenvalue weighted by molar-refractivity contribution is 5.96. The number of aryl methyl sites for hydroxylation is 16. The molecule has 8 aliphatic rings. The maximum absolute atomic E-state index is 4.93. The third kappa shape index (κ3) is 12.3. The monoisotopic (exact) mass is 1610 g/mol. The van der Waals surface area contributed by atoms with Crippen LogP contribution in [0.1, 0.15) is 178 Å². The fourth-order valence-corrected chi connectivity index (χ4v) is 23.0. The molecule has 8 aliphatic carbocycles. The van der Waals surface area contributed by atoms with Gasteiger partial charge in [0.05, 0.1) is 50.4 Å². The van der Waals surface area contributed by atoms with Crippen molar-refractivity contribution in [1.29, 1.82) is 0 Å². The first-order chi connectivity index (χ1) is 59.7. The maximum Gasteiger partial charge on any atom is 0.287 e. The quantitative estimate of drug-likeness (QED) is 0.165. The molecule has 0 atom stereocenters. The Hall–Kier alpha value is -13.0. The van der Waals surface area contributed by atoms with Gasteiger partial charge in [0.2, 0.25) is 0 Å². The minimum absolute atomic E-state index is 0.949. The molecular formula is C116H108N8+4. The highest BCUT2D eigenvalue weighted by atomic mass is 15.0. The van der Waals surface area contributed by atoms with Gasteiger partial charge in [-0.25, -0.2) is 18.3 Å². The van der Waals surface area contributed by atoms with Crippen molar-refractivity contribution >= 4 is 0 Å². The van der Waals surface area contributed by atoms with E-state index in [0.717, 1.165) is 74.1 Å². The van der Waals surface area contributed by atoms with Crippen LogP contribution in [-0.2, 0) is 79.6 Å². The van der Waals surface area contributed by atoms with E-state index in [2.05, 4.69) is 327 Å². The molecule has 0 bridgehead atoms. The van der Waals surface area contributed by atoms with Crippen molar-refractivity contribution in [3.05, 3.63) is 373 Å². The molecule has 124 heavy (non-hydrogen) atoms. The van der Waals surface area contributed by atoms with Crippen molar-refractivity contribution < 1.29 is 18.3 Å². The van der Waals surface area contributed by atoms with Crippen molar-refractivity contribution in [2.24, 2.45) is 28.2 Å². The smallest absolute Gasteiger partial charge is 0.232 e. The van der Waals surface area contributed by atoms with Gasteiger partial charge in [0.1, 0.15) is 22.8 Å². The molecule has 0 saturated heterocycles. The van der Waals surface area contributed by atoms with Gasteiger partial charge in [-0.05, 0) is 372 Å². The number of hydrogen-bond donors (Lipinski definition) is 0. The van der Waals surface area contributed by atoms with Gasteiger partial charge in [0.25, 0.3) is 25.3 Å². The van der Waals surface area contributed by atoms with E-state index < -0.39 is 0 Å². The highest BCUT2D eigenvalue weighted by Crippen LogP contribution is 2.55. The van der Waals surface area contributed by atoms with E-state index >= 15 is 0 Å². The first-order valence-corrected chi connectivity index (χ1v) is 44.5. The Balaban J connectivity index is 0.000000101. The average molecular weight is 1610 g/mol. The van der Waals surface area contributed by atoms with Crippen molar-refractivity contribution in [1.82, 2.24) is 19.9 Å². The van der Waals surface area contributed by atoms with Crippen LogP contribution >= 0.6 is 0 Å². The normalized spacial score (nSPS) is 13.1. The average Bonchev–Trinajstić information content (AvgIpc) is 1.58. The topological polar surface area (TPSA) is 67.1 Å². The largest absolute Gasteiger partial charge is 0.287 e. The van der Waals surface area contributed by atoms with Crippen molar-refractivity contribution in [2.45, 2.75) is 162 Å². The summed E-state index contributed by atoms with van der Waals surface area (Å²) < 4.78 is 8.85. The molecule has 0 unspecified atom stereocenters. The highest BCUT2D eigenvalue weighted by Gasteiger charge is 2.41. The maximum atomic E-state index is 4.93. The fraction of sp³-hybridized carbons (Fsp3) is 0.241. The lowest BCUT2D eigenvalue weighted by Gasteiger charge is -2.13. The van der Waals surface area contributed by atoms with Crippen molar-refractivity contribution in [3.63, 3.8) is 0 Å². The van der Waals surface area contributed by atoms with Crippen LogP contribution < -0.4 is 18.3 Å². The van der Waals surface area contributed by atoms with E-state index in [1.807, 2.05) is 25.3 Å². The molecule has 0 amide bonds. The standard InChI is InChI=1S/4C29H27N2/c1-16-6-8-22-21(11-16)13-20-7-9-23-25(27(20)22)14-26-28(23)30-15-31(5)29(26)24-12-17(2)10-18(3)19(24)4;1-16-6-7-20-13-21-8-9-22-25(27(21)24(20)11-16)14-26-28(22)30-15-31(5)29(26)23-12-17(2)10-18(3)19(23)4;1-16-11-18(3)19(4)24(12-16)29-26-14-25-22(28(26)30-15-31(29)5)10-9-20-13-23-17(2)7-6-8-21(23)27(20)25;1-16-11-18(3)19(4)23(12-16)29-25-14-24-22(28(25)30-15-31(29)5)10-9-21-13-20-8-6-7-17(2)26(20)27(21)24/h4*6-12,15H,13-14H2,1-5H3/q4*+1. The molecule has 12 aromatic carbocycles. The number of benzene rings is 12. The molecule has 4 aromatic heterocycles. The van der Waals surface area contributed by atoms with Crippen molar-refractivity contribution in [3.8, 4) is 135 Å². The van der Waals surface area contributed by atoms with E-state index in [-0.39, 0.29) is 0 Å². The van der Waals surface area contributed by atoms with Crippen LogP contribution in [0.15, 0.2) is 195 Å². The van der Waals surface area contributed by atoms with Gasteiger partial charge < -0.3 is 0 Å². The lowest BCUT2D eigenvalue weighted by Crippen LogP contribution is -2.33. The van der Waals surface area contributed by atoms with E-state index in [1.54, 1.807) is 0 Å². The molecule has 8 nitrogen and oxygen atoms in total. The second-order valence-corrected chi connectivity index (χ2v) is 37.6. The Morgan fingerprint density at radius 2 is 0.500 bits per heavy atom. The predicted octanol–water partition coefficient (Wildman–Crippen LogP) is 23.8. The third-order valence-corrected chi connectivity index (χ3v) is 29.3. The van der Waals surface area contributed by atoms with Crippen LogP contribution in [0.4, 0.5) is 0 Å². The fourth-order valence-electron chi connectivity index (χ4n) is 23.0.